The minimum Gasteiger partial charge on any atom is -0.349 e. The predicted octanol–water partition coefficient (Wildman–Crippen LogP) is 2.52. The van der Waals surface area contributed by atoms with Crippen molar-refractivity contribution in [2.75, 3.05) is 5.32 Å². The highest BCUT2D eigenvalue weighted by atomic mass is 19.1. The molecule has 0 radical (unpaired) electrons. The topological polar surface area (TPSA) is 71.1 Å². The van der Waals surface area contributed by atoms with E-state index in [2.05, 4.69) is 15.6 Å². The maximum absolute atomic E-state index is 13.3. The van der Waals surface area contributed by atoms with E-state index in [9.17, 15) is 14.0 Å². The van der Waals surface area contributed by atoms with Crippen LogP contribution < -0.4 is 10.6 Å². The summed E-state index contributed by atoms with van der Waals surface area (Å²) in [6.45, 7) is 1.85. The molecule has 0 bridgehead atoms. The van der Waals surface area contributed by atoms with Gasteiger partial charge in [0.2, 0.25) is 11.8 Å². The Labute approximate surface area is 132 Å². The van der Waals surface area contributed by atoms with Gasteiger partial charge in [0.05, 0.1) is 12.0 Å². The molecule has 2 unspecified atom stereocenters. The van der Waals surface area contributed by atoms with Gasteiger partial charge in [-0.3, -0.25) is 14.6 Å². The molecule has 6 heteroatoms. The van der Waals surface area contributed by atoms with Crippen LogP contribution in [0, 0.1) is 5.82 Å². The van der Waals surface area contributed by atoms with Crippen molar-refractivity contribution in [1.29, 1.82) is 0 Å². The van der Waals surface area contributed by atoms with Crippen LogP contribution in [0.3, 0.4) is 0 Å². The Morgan fingerprint density at radius 2 is 2.26 bits per heavy atom. The second-order valence-corrected chi connectivity index (χ2v) is 5.55. The summed E-state index contributed by atoms with van der Waals surface area (Å²) in [5.74, 6) is -1.63. The highest BCUT2D eigenvalue weighted by Gasteiger charge is 2.31. The van der Waals surface area contributed by atoms with Crippen molar-refractivity contribution < 1.29 is 14.0 Å². The van der Waals surface area contributed by atoms with Crippen LogP contribution in [0.25, 0.3) is 0 Å². The lowest BCUT2D eigenvalue weighted by Gasteiger charge is -2.26. The molecule has 1 aromatic heterocycles. The van der Waals surface area contributed by atoms with Crippen molar-refractivity contribution in [3.63, 3.8) is 0 Å². The van der Waals surface area contributed by atoms with E-state index in [0.717, 1.165) is 5.56 Å². The van der Waals surface area contributed by atoms with Crippen molar-refractivity contribution in [3.8, 4) is 0 Å². The van der Waals surface area contributed by atoms with Crippen molar-refractivity contribution in [1.82, 2.24) is 10.3 Å². The monoisotopic (exact) mass is 313 g/mol. The summed E-state index contributed by atoms with van der Waals surface area (Å²) < 4.78 is 13.3. The zero-order valence-electron chi connectivity index (χ0n) is 12.5. The van der Waals surface area contributed by atoms with E-state index in [4.69, 9.17) is 0 Å². The number of aromatic nitrogens is 1. The molecule has 0 aliphatic carbocycles. The number of carbonyl (C=O) groups excluding carboxylic acids is 2. The largest absolute Gasteiger partial charge is 0.349 e. The molecule has 1 aromatic carbocycles. The van der Waals surface area contributed by atoms with Gasteiger partial charge in [0.15, 0.2) is 0 Å². The minimum absolute atomic E-state index is 0.0459. The van der Waals surface area contributed by atoms with Gasteiger partial charge in [0.1, 0.15) is 5.82 Å². The summed E-state index contributed by atoms with van der Waals surface area (Å²) in [6.07, 6.45) is 3.39. The number of hydrogen-bond donors (Lipinski definition) is 2. The maximum atomic E-state index is 13.3. The molecule has 1 aliphatic rings. The molecule has 2 N–H and O–H groups in total. The first-order chi connectivity index (χ1) is 11.0. The quantitative estimate of drug-likeness (QED) is 0.914. The van der Waals surface area contributed by atoms with Gasteiger partial charge in [-0.1, -0.05) is 12.1 Å². The van der Waals surface area contributed by atoms with Crippen molar-refractivity contribution >= 4 is 17.5 Å². The van der Waals surface area contributed by atoms with Crippen LogP contribution >= 0.6 is 0 Å². The summed E-state index contributed by atoms with van der Waals surface area (Å²) in [7, 11) is 0. The SMILES string of the molecule is CC(NC(=O)C1CC(=O)Nc2cc(F)ccc21)c1cccnc1. The smallest absolute Gasteiger partial charge is 0.228 e. The molecular weight excluding hydrogens is 297 g/mol. The van der Waals surface area contributed by atoms with Gasteiger partial charge in [-0.25, -0.2) is 4.39 Å². The Morgan fingerprint density at radius 3 is 3.00 bits per heavy atom. The number of anilines is 1. The number of benzene rings is 1. The Morgan fingerprint density at radius 1 is 1.43 bits per heavy atom. The third-order valence-corrected chi connectivity index (χ3v) is 3.91. The lowest BCUT2D eigenvalue weighted by molar-refractivity contribution is -0.126. The summed E-state index contributed by atoms with van der Waals surface area (Å²) in [4.78, 5) is 28.4. The normalized spacial score (nSPS) is 17.8. The van der Waals surface area contributed by atoms with Crippen LogP contribution in [0.5, 0.6) is 0 Å². The fourth-order valence-electron chi connectivity index (χ4n) is 2.70. The molecule has 23 heavy (non-hydrogen) atoms. The number of amides is 2. The van der Waals surface area contributed by atoms with Gasteiger partial charge in [-0.05, 0) is 36.2 Å². The summed E-state index contributed by atoms with van der Waals surface area (Å²) >= 11 is 0. The Hall–Kier alpha value is -2.76. The van der Waals surface area contributed by atoms with Gasteiger partial charge in [-0.2, -0.15) is 0 Å². The number of hydrogen-bond acceptors (Lipinski definition) is 3. The molecule has 2 aromatic rings. The third kappa shape index (κ3) is 3.21. The van der Waals surface area contributed by atoms with Crippen LogP contribution in [0.1, 0.15) is 36.4 Å². The van der Waals surface area contributed by atoms with E-state index < -0.39 is 11.7 Å². The Bertz CT molecular complexity index is 749. The Balaban J connectivity index is 1.81. The van der Waals surface area contributed by atoms with E-state index in [1.807, 2.05) is 13.0 Å². The van der Waals surface area contributed by atoms with Crippen molar-refractivity contribution in [2.24, 2.45) is 0 Å². The van der Waals surface area contributed by atoms with E-state index in [0.29, 0.717) is 11.3 Å². The first-order valence-electron chi connectivity index (χ1n) is 7.34. The van der Waals surface area contributed by atoms with E-state index in [-0.39, 0.29) is 24.3 Å². The lowest BCUT2D eigenvalue weighted by atomic mass is 9.89. The van der Waals surface area contributed by atoms with Gasteiger partial charge in [0, 0.05) is 24.5 Å². The minimum atomic E-state index is -0.626. The fraction of sp³-hybridized carbons (Fsp3) is 0.235. The Kier molecular flexibility index (Phi) is 4.06. The molecule has 2 heterocycles. The number of nitrogens with zero attached hydrogens (tertiary/aromatic N) is 1. The highest BCUT2D eigenvalue weighted by molar-refractivity contribution is 6.01. The number of fused-ring (bicyclic) bond motifs is 1. The van der Waals surface area contributed by atoms with Crippen LogP contribution in [0.2, 0.25) is 0 Å². The summed E-state index contributed by atoms with van der Waals surface area (Å²) in [6, 6.07) is 7.51. The average molecular weight is 313 g/mol. The van der Waals surface area contributed by atoms with Crippen LogP contribution in [0.15, 0.2) is 42.7 Å². The summed E-state index contributed by atoms with van der Waals surface area (Å²) in [5, 5.41) is 5.49. The van der Waals surface area contributed by atoms with Gasteiger partial charge in [0.25, 0.3) is 0 Å². The molecule has 2 amide bonds. The first-order valence-corrected chi connectivity index (χ1v) is 7.34. The molecule has 118 valence electrons. The zero-order valence-corrected chi connectivity index (χ0v) is 12.5. The standard InChI is InChI=1S/C17H16FN3O2/c1-10(11-3-2-6-19-9-11)20-17(23)14-8-16(22)21-15-7-12(18)4-5-13(14)15/h2-7,9-10,14H,8H2,1H3,(H,20,23)(H,21,22). The van der Waals surface area contributed by atoms with E-state index in [1.54, 1.807) is 24.5 Å². The predicted molar refractivity (Wildman–Crippen MR) is 83.2 cm³/mol. The van der Waals surface area contributed by atoms with E-state index >= 15 is 0 Å². The van der Waals surface area contributed by atoms with Crippen molar-refractivity contribution in [3.05, 3.63) is 59.7 Å². The molecule has 0 spiro atoms. The zero-order chi connectivity index (χ0) is 16.4. The molecule has 5 nitrogen and oxygen atoms in total. The second kappa shape index (κ2) is 6.16. The second-order valence-electron chi connectivity index (χ2n) is 5.55. The average Bonchev–Trinajstić information content (AvgIpc) is 2.54. The molecule has 0 saturated heterocycles. The number of nitrogens with one attached hydrogen (secondary N) is 2. The number of carbonyl (C=O) groups is 2. The summed E-state index contributed by atoms with van der Waals surface area (Å²) in [5.41, 5.74) is 1.86. The molecule has 3 rings (SSSR count). The highest BCUT2D eigenvalue weighted by Crippen LogP contribution is 2.33. The molecule has 2 atom stereocenters. The van der Waals surface area contributed by atoms with Gasteiger partial charge >= 0.3 is 0 Å². The van der Waals surface area contributed by atoms with E-state index in [1.165, 1.54) is 12.1 Å². The molecular formula is C17H16FN3O2. The van der Waals surface area contributed by atoms with Crippen LogP contribution in [-0.4, -0.2) is 16.8 Å². The number of pyridine rings is 1. The van der Waals surface area contributed by atoms with Crippen molar-refractivity contribution in [2.45, 2.75) is 25.3 Å². The maximum Gasteiger partial charge on any atom is 0.228 e. The lowest BCUT2D eigenvalue weighted by Crippen LogP contribution is -2.36. The van der Waals surface area contributed by atoms with Gasteiger partial charge in [-0.15, -0.1) is 0 Å². The first kappa shape index (κ1) is 15.1. The fourth-order valence-corrected chi connectivity index (χ4v) is 2.70. The molecule has 0 fully saturated rings. The molecule has 0 saturated carbocycles. The van der Waals surface area contributed by atoms with Gasteiger partial charge < -0.3 is 10.6 Å². The third-order valence-electron chi connectivity index (χ3n) is 3.91. The molecule has 1 aliphatic heterocycles. The van der Waals surface area contributed by atoms with Crippen LogP contribution in [0.4, 0.5) is 10.1 Å². The number of halogens is 1. The van der Waals surface area contributed by atoms with Crippen LogP contribution in [-0.2, 0) is 9.59 Å². The number of rotatable bonds is 3.